The molecule has 2 nitrogen and oxygen atoms in total. The van der Waals surface area contributed by atoms with Gasteiger partial charge in [0.15, 0.2) is 5.78 Å². The van der Waals surface area contributed by atoms with Gasteiger partial charge in [0.1, 0.15) is 5.82 Å². The highest BCUT2D eigenvalue weighted by Gasteiger charge is 2.16. The second-order valence-corrected chi connectivity index (χ2v) is 5.58. The summed E-state index contributed by atoms with van der Waals surface area (Å²) >= 11 is 9.15. The third kappa shape index (κ3) is 2.15. The van der Waals surface area contributed by atoms with E-state index in [1.54, 1.807) is 18.3 Å². The van der Waals surface area contributed by atoms with E-state index in [1.165, 1.54) is 18.2 Å². The highest BCUT2D eigenvalue weighted by molar-refractivity contribution is 9.10. The molecular formula is C15H8BrClFNO. The lowest BCUT2D eigenvalue weighted by molar-refractivity contribution is 0.104. The molecule has 5 heteroatoms. The Morgan fingerprint density at radius 2 is 2.05 bits per heavy atom. The minimum absolute atomic E-state index is 0.181. The van der Waals surface area contributed by atoms with Gasteiger partial charge in [0, 0.05) is 22.7 Å². The molecule has 0 unspecified atom stereocenters. The lowest BCUT2D eigenvalue weighted by atomic mass is 10.0. The second-order valence-electron chi connectivity index (χ2n) is 4.32. The minimum atomic E-state index is -0.400. The van der Waals surface area contributed by atoms with Crippen molar-refractivity contribution in [3.05, 3.63) is 69.0 Å². The van der Waals surface area contributed by atoms with Gasteiger partial charge in [-0.1, -0.05) is 23.7 Å². The maximum Gasteiger partial charge on any atom is 0.195 e. The Balaban J connectivity index is 2.13. The number of benzene rings is 2. The fraction of sp³-hybridized carbons (Fsp3) is 0. The first-order chi connectivity index (χ1) is 9.58. The summed E-state index contributed by atoms with van der Waals surface area (Å²) in [6.45, 7) is 0. The Morgan fingerprint density at radius 3 is 2.80 bits per heavy atom. The average molecular weight is 353 g/mol. The van der Waals surface area contributed by atoms with Crippen LogP contribution in [-0.4, -0.2) is 10.8 Å². The number of fused-ring (bicyclic) bond motifs is 1. The van der Waals surface area contributed by atoms with Crippen LogP contribution in [-0.2, 0) is 0 Å². The van der Waals surface area contributed by atoms with E-state index in [2.05, 4.69) is 20.9 Å². The second kappa shape index (κ2) is 5.04. The van der Waals surface area contributed by atoms with Crippen LogP contribution in [0.25, 0.3) is 10.9 Å². The minimum Gasteiger partial charge on any atom is -0.359 e. The van der Waals surface area contributed by atoms with E-state index < -0.39 is 5.82 Å². The van der Waals surface area contributed by atoms with Crippen molar-refractivity contribution in [2.45, 2.75) is 0 Å². The first kappa shape index (κ1) is 13.3. The molecule has 0 aliphatic rings. The Kier molecular flexibility index (Phi) is 3.36. The van der Waals surface area contributed by atoms with Gasteiger partial charge < -0.3 is 4.98 Å². The topological polar surface area (TPSA) is 32.9 Å². The van der Waals surface area contributed by atoms with Gasteiger partial charge in [-0.25, -0.2) is 4.39 Å². The summed E-state index contributed by atoms with van der Waals surface area (Å²) in [6, 6.07) is 9.56. The zero-order chi connectivity index (χ0) is 14.3. The van der Waals surface area contributed by atoms with Gasteiger partial charge in [-0.05, 0) is 40.2 Å². The third-order valence-electron chi connectivity index (χ3n) is 3.09. The summed E-state index contributed by atoms with van der Waals surface area (Å²) in [4.78, 5) is 15.5. The summed E-state index contributed by atoms with van der Waals surface area (Å²) in [5, 5.41) is 1.31. The van der Waals surface area contributed by atoms with Crippen molar-refractivity contribution in [1.82, 2.24) is 4.98 Å². The van der Waals surface area contributed by atoms with Crippen LogP contribution in [0.3, 0.4) is 0 Å². The van der Waals surface area contributed by atoms with Crippen LogP contribution < -0.4 is 0 Å². The smallest absolute Gasteiger partial charge is 0.195 e. The Morgan fingerprint density at radius 1 is 1.25 bits per heavy atom. The van der Waals surface area contributed by atoms with Gasteiger partial charge in [-0.2, -0.15) is 0 Å². The summed E-state index contributed by atoms with van der Waals surface area (Å²) < 4.78 is 13.5. The number of carbonyl (C=O) groups excluding carboxylic acids is 1. The van der Waals surface area contributed by atoms with E-state index in [0.29, 0.717) is 16.1 Å². The normalized spacial score (nSPS) is 10.9. The van der Waals surface area contributed by atoms with Crippen LogP contribution in [0.2, 0.25) is 5.02 Å². The fourth-order valence-electron chi connectivity index (χ4n) is 2.10. The van der Waals surface area contributed by atoms with Crippen molar-refractivity contribution in [3.63, 3.8) is 0 Å². The maximum atomic E-state index is 13.2. The molecule has 1 aromatic heterocycles. The molecule has 0 radical (unpaired) electrons. The molecule has 3 aromatic rings. The Bertz CT molecular complexity index is 828. The van der Waals surface area contributed by atoms with Crippen molar-refractivity contribution >= 4 is 44.2 Å². The van der Waals surface area contributed by atoms with Gasteiger partial charge in [-0.15, -0.1) is 0 Å². The van der Waals surface area contributed by atoms with Crippen LogP contribution in [0.1, 0.15) is 15.9 Å². The summed E-state index contributed by atoms with van der Waals surface area (Å²) in [7, 11) is 0. The number of para-hydroxylation sites is 1. The van der Waals surface area contributed by atoms with E-state index in [9.17, 15) is 9.18 Å². The number of aromatic amines is 1. The molecule has 0 fully saturated rings. The lowest BCUT2D eigenvalue weighted by Gasteiger charge is -2.02. The molecule has 20 heavy (non-hydrogen) atoms. The number of ketones is 1. The van der Waals surface area contributed by atoms with Gasteiger partial charge in [0.25, 0.3) is 0 Å². The van der Waals surface area contributed by atoms with Gasteiger partial charge in [0.05, 0.1) is 15.0 Å². The standard InChI is InChI=1S/C15H8BrClFNO/c16-11-6-8(4-5-13(11)18)15(20)10-7-19-14-9(10)2-1-3-12(14)17/h1-7,19H. The van der Waals surface area contributed by atoms with Crippen molar-refractivity contribution in [2.75, 3.05) is 0 Å². The third-order valence-corrected chi connectivity index (χ3v) is 4.01. The molecule has 0 saturated heterocycles. The molecule has 100 valence electrons. The molecule has 0 spiro atoms. The monoisotopic (exact) mass is 351 g/mol. The predicted octanol–water partition coefficient (Wildman–Crippen LogP) is 4.95. The Labute approximate surface area is 127 Å². The maximum absolute atomic E-state index is 13.2. The van der Waals surface area contributed by atoms with Crippen molar-refractivity contribution < 1.29 is 9.18 Å². The van der Waals surface area contributed by atoms with Gasteiger partial charge in [0.2, 0.25) is 0 Å². The quantitative estimate of drug-likeness (QED) is 0.650. The van der Waals surface area contributed by atoms with Crippen LogP contribution in [0.15, 0.2) is 47.1 Å². The van der Waals surface area contributed by atoms with Crippen molar-refractivity contribution in [3.8, 4) is 0 Å². The van der Waals surface area contributed by atoms with E-state index in [4.69, 9.17) is 11.6 Å². The molecule has 2 aromatic carbocycles. The number of halogens is 3. The van der Waals surface area contributed by atoms with Crippen molar-refractivity contribution in [2.24, 2.45) is 0 Å². The van der Waals surface area contributed by atoms with E-state index in [1.807, 2.05) is 6.07 Å². The first-order valence-corrected chi connectivity index (χ1v) is 7.00. The highest BCUT2D eigenvalue weighted by Crippen LogP contribution is 2.27. The lowest BCUT2D eigenvalue weighted by Crippen LogP contribution is -2.00. The van der Waals surface area contributed by atoms with Gasteiger partial charge in [-0.3, -0.25) is 4.79 Å². The molecule has 0 atom stereocenters. The van der Waals surface area contributed by atoms with E-state index >= 15 is 0 Å². The number of carbonyl (C=O) groups is 1. The summed E-state index contributed by atoms with van der Waals surface area (Å²) in [5.41, 5.74) is 1.65. The number of hydrogen-bond acceptors (Lipinski definition) is 1. The molecule has 0 saturated carbocycles. The number of H-pyrrole nitrogens is 1. The van der Waals surface area contributed by atoms with Crippen LogP contribution in [0.4, 0.5) is 4.39 Å². The van der Waals surface area contributed by atoms with Gasteiger partial charge >= 0.3 is 0 Å². The molecule has 1 heterocycles. The molecule has 3 rings (SSSR count). The SMILES string of the molecule is O=C(c1ccc(F)c(Br)c1)c1c[nH]c2c(Cl)cccc12. The molecule has 1 N–H and O–H groups in total. The van der Waals surface area contributed by atoms with Crippen LogP contribution in [0.5, 0.6) is 0 Å². The van der Waals surface area contributed by atoms with Crippen LogP contribution in [0, 0.1) is 5.82 Å². The number of hydrogen-bond donors (Lipinski definition) is 1. The Hall–Kier alpha value is -1.65. The zero-order valence-electron chi connectivity index (χ0n) is 10.1. The molecule has 0 amide bonds. The first-order valence-electron chi connectivity index (χ1n) is 5.83. The summed E-state index contributed by atoms with van der Waals surface area (Å²) in [5.74, 6) is -0.581. The van der Waals surface area contributed by atoms with Crippen LogP contribution >= 0.6 is 27.5 Å². The molecule has 0 aliphatic carbocycles. The average Bonchev–Trinajstić information content (AvgIpc) is 2.86. The molecular weight excluding hydrogens is 345 g/mol. The number of rotatable bonds is 2. The fourth-order valence-corrected chi connectivity index (χ4v) is 2.71. The van der Waals surface area contributed by atoms with Crippen molar-refractivity contribution in [1.29, 1.82) is 0 Å². The largest absolute Gasteiger partial charge is 0.359 e. The molecule has 0 aliphatic heterocycles. The molecule has 0 bridgehead atoms. The number of aromatic nitrogens is 1. The zero-order valence-corrected chi connectivity index (χ0v) is 12.4. The number of nitrogens with one attached hydrogen (secondary N) is 1. The van der Waals surface area contributed by atoms with E-state index in [-0.39, 0.29) is 10.3 Å². The van der Waals surface area contributed by atoms with E-state index in [0.717, 1.165) is 10.9 Å². The predicted molar refractivity (Wildman–Crippen MR) is 80.8 cm³/mol. The summed E-state index contributed by atoms with van der Waals surface area (Å²) in [6.07, 6.45) is 1.62. The highest BCUT2D eigenvalue weighted by atomic mass is 79.9.